The molecule has 0 fully saturated rings. The first-order valence-electron chi connectivity index (χ1n) is 5.42. The van der Waals surface area contributed by atoms with Crippen LogP contribution >= 0.6 is 11.8 Å². The van der Waals surface area contributed by atoms with Crippen molar-refractivity contribution in [3.05, 3.63) is 35.6 Å². The van der Waals surface area contributed by atoms with Crippen LogP contribution in [0.15, 0.2) is 24.3 Å². The summed E-state index contributed by atoms with van der Waals surface area (Å²) in [5.74, 6) is -0.782. The number of nitrogens with one attached hydrogen (secondary N) is 1. The lowest BCUT2D eigenvalue weighted by atomic mass is 10.1. The van der Waals surface area contributed by atoms with Gasteiger partial charge >= 0.3 is 6.03 Å². The molecule has 0 aromatic heterocycles. The molecule has 0 aliphatic rings. The SMILES string of the molecule is C[C@H](S[C@H](C)C(=O)NC(N)=O)c1ccccc1F. The third-order valence-electron chi connectivity index (χ3n) is 2.37. The molecule has 0 saturated heterocycles. The second kappa shape index (κ2) is 6.39. The first-order chi connectivity index (χ1) is 8.41. The molecule has 1 aromatic carbocycles. The summed E-state index contributed by atoms with van der Waals surface area (Å²) in [4.78, 5) is 22.0. The van der Waals surface area contributed by atoms with E-state index < -0.39 is 17.2 Å². The Kier molecular flexibility index (Phi) is 5.15. The quantitative estimate of drug-likeness (QED) is 0.881. The molecule has 2 atom stereocenters. The number of benzene rings is 1. The highest BCUT2D eigenvalue weighted by atomic mass is 32.2. The maximum atomic E-state index is 13.5. The van der Waals surface area contributed by atoms with Crippen LogP contribution in [0.4, 0.5) is 9.18 Å². The molecule has 0 bridgehead atoms. The van der Waals surface area contributed by atoms with E-state index in [-0.39, 0.29) is 11.1 Å². The molecule has 0 aliphatic heterocycles. The molecule has 98 valence electrons. The van der Waals surface area contributed by atoms with E-state index in [1.165, 1.54) is 17.8 Å². The van der Waals surface area contributed by atoms with Crippen LogP contribution in [-0.2, 0) is 4.79 Å². The van der Waals surface area contributed by atoms with Crippen LogP contribution in [-0.4, -0.2) is 17.2 Å². The van der Waals surface area contributed by atoms with Gasteiger partial charge in [-0.2, -0.15) is 0 Å². The summed E-state index contributed by atoms with van der Waals surface area (Å²) >= 11 is 1.26. The predicted octanol–water partition coefficient (Wildman–Crippen LogP) is 2.20. The highest BCUT2D eigenvalue weighted by Gasteiger charge is 2.20. The molecule has 3 amide bonds. The summed E-state index contributed by atoms with van der Waals surface area (Å²) in [5.41, 5.74) is 5.39. The molecule has 1 aromatic rings. The maximum Gasteiger partial charge on any atom is 0.318 e. The zero-order valence-corrected chi connectivity index (χ0v) is 11.0. The Morgan fingerprint density at radius 1 is 1.33 bits per heavy atom. The van der Waals surface area contributed by atoms with Crippen LogP contribution in [0.25, 0.3) is 0 Å². The van der Waals surface area contributed by atoms with E-state index in [0.717, 1.165) is 0 Å². The summed E-state index contributed by atoms with van der Waals surface area (Å²) in [6, 6.07) is 5.51. The number of halogens is 1. The number of hydrogen-bond acceptors (Lipinski definition) is 3. The highest BCUT2D eigenvalue weighted by Crippen LogP contribution is 2.32. The topological polar surface area (TPSA) is 72.2 Å². The van der Waals surface area contributed by atoms with Crippen molar-refractivity contribution in [3.63, 3.8) is 0 Å². The minimum Gasteiger partial charge on any atom is -0.351 e. The third kappa shape index (κ3) is 4.03. The van der Waals surface area contributed by atoms with Crippen LogP contribution in [0, 0.1) is 5.82 Å². The van der Waals surface area contributed by atoms with Crippen molar-refractivity contribution in [2.75, 3.05) is 0 Å². The molecule has 0 heterocycles. The van der Waals surface area contributed by atoms with Gasteiger partial charge in [0.1, 0.15) is 5.82 Å². The summed E-state index contributed by atoms with van der Waals surface area (Å²) in [7, 11) is 0. The first-order valence-corrected chi connectivity index (χ1v) is 6.36. The van der Waals surface area contributed by atoms with Gasteiger partial charge in [-0.05, 0) is 19.9 Å². The molecule has 18 heavy (non-hydrogen) atoms. The molecule has 0 unspecified atom stereocenters. The lowest BCUT2D eigenvalue weighted by molar-refractivity contribution is -0.119. The number of nitrogens with two attached hydrogens (primary N) is 1. The minimum atomic E-state index is -0.883. The Bertz CT molecular complexity index is 453. The Hall–Kier alpha value is -1.56. The van der Waals surface area contributed by atoms with Gasteiger partial charge in [0.2, 0.25) is 5.91 Å². The summed E-state index contributed by atoms with van der Waals surface area (Å²) in [6.45, 7) is 3.44. The fraction of sp³-hybridized carbons (Fsp3) is 0.333. The molecule has 6 heteroatoms. The van der Waals surface area contributed by atoms with E-state index in [4.69, 9.17) is 5.73 Å². The van der Waals surface area contributed by atoms with Gasteiger partial charge in [-0.1, -0.05) is 18.2 Å². The minimum absolute atomic E-state index is 0.195. The molecular formula is C12H15FN2O2S. The van der Waals surface area contributed by atoms with E-state index in [2.05, 4.69) is 0 Å². The fourth-order valence-corrected chi connectivity index (χ4v) is 2.60. The van der Waals surface area contributed by atoms with Crippen LogP contribution in [0.1, 0.15) is 24.7 Å². The van der Waals surface area contributed by atoms with Gasteiger partial charge in [-0.15, -0.1) is 11.8 Å². The van der Waals surface area contributed by atoms with E-state index >= 15 is 0 Å². The normalized spacial score (nSPS) is 13.7. The van der Waals surface area contributed by atoms with Crippen molar-refractivity contribution in [2.45, 2.75) is 24.3 Å². The molecule has 4 nitrogen and oxygen atoms in total. The fourth-order valence-electron chi connectivity index (χ4n) is 1.47. The molecule has 0 radical (unpaired) electrons. The molecule has 0 saturated carbocycles. The van der Waals surface area contributed by atoms with E-state index in [1.54, 1.807) is 32.0 Å². The van der Waals surface area contributed by atoms with Gasteiger partial charge in [0.25, 0.3) is 0 Å². The number of rotatable bonds is 4. The zero-order valence-electron chi connectivity index (χ0n) is 10.1. The third-order valence-corrected chi connectivity index (χ3v) is 3.65. The van der Waals surface area contributed by atoms with Crippen LogP contribution in [0.3, 0.4) is 0 Å². The van der Waals surface area contributed by atoms with Gasteiger partial charge in [-0.3, -0.25) is 10.1 Å². The van der Waals surface area contributed by atoms with Crippen LogP contribution < -0.4 is 11.1 Å². The number of hydrogen-bond donors (Lipinski definition) is 2. The van der Waals surface area contributed by atoms with Crippen molar-refractivity contribution < 1.29 is 14.0 Å². The first kappa shape index (κ1) is 14.5. The number of carbonyl (C=O) groups excluding carboxylic acids is 2. The highest BCUT2D eigenvalue weighted by molar-refractivity contribution is 8.00. The lowest BCUT2D eigenvalue weighted by Gasteiger charge is -2.16. The van der Waals surface area contributed by atoms with Gasteiger partial charge in [0, 0.05) is 10.8 Å². The second-order valence-corrected chi connectivity index (χ2v) is 5.48. The second-order valence-electron chi connectivity index (χ2n) is 3.80. The van der Waals surface area contributed by atoms with Crippen molar-refractivity contribution in [1.29, 1.82) is 0 Å². The van der Waals surface area contributed by atoms with Crippen molar-refractivity contribution in [1.82, 2.24) is 5.32 Å². The summed E-state index contributed by atoms with van der Waals surface area (Å²) in [5, 5.41) is 1.31. The van der Waals surface area contributed by atoms with Gasteiger partial charge in [0.05, 0.1) is 5.25 Å². The zero-order chi connectivity index (χ0) is 13.7. The summed E-state index contributed by atoms with van der Waals surface area (Å²) in [6.07, 6.45) is 0. The monoisotopic (exact) mass is 270 g/mol. The van der Waals surface area contributed by atoms with E-state index in [1.807, 2.05) is 5.32 Å². The maximum absolute atomic E-state index is 13.5. The number of carbonyl (C=O) groups is 2. The average Bonchev–Trinajstić information content (AvgIpc) is 2.28. The Morgan fingerprint density at radius 3 is 2.50 bits per heavy atom. The molecule has 1 rings (SSSR count). The standard InChI is InChI=1S/C12H15FN2O2S/c1-7(9-5-3-4-6-10(9)13)18-8(2)11(16)15-12(14)17/h3-8H,1-2H3,(H3,14,15,16,17)/t7-,8+/m0/s1. The van der Waals surface area contributed by atoms with Crippen LogP contribution in [0.5, 0.6) is 0 Å². The number of amides is 3. The van der Waals surface area contributed by atoms with Crippen molar-refractivity contribution in [3.8, 4) is 0 Å². The van der Waals surface area contributed by atoms with Gasteiger partial charge in [0.15, 0.2) is 0 Å². The molecule has 0 spiro atoms. The predicted molar refractivity (Wildman–Crippen MR) is 69.6 cm³/mol. The lowest BCUT2D eigenvalue weighted by Crippen LogP contribution is -2.39. The average molecular weight is 270 g/mol. The number of thioether (sulfide) groups is 1. The Labute approximate surface area is 109 Å². The summed E-state index contributed by atoms with van der Waals surface area (Å²) < 4.78 is 13.5. The van der Waals surface area contributed by atoms with E-state index in [9.17, 15) is 14.0 Å². The molecular weight excluding hydrogens is 255 g/mol. The number of primary amides is 1. The van der Waals surface area contributed by atoms with Gasteiger partial charge < -0.3 is 5.73 Å². The molecule has 0 aliphatic carbocycles. The van der Waals surface area contributed by atoms with Crippen molar-refractivity contribution >= 4 is 23.7 Å². The Balaban J connectivity index is 2.65. The number of urea groups is 1. The van der Waals surface area contributed by atoms with Crippen LogP contribution in [0.2, 0.25) is 0 Å². The smallest absolute Gasteiger partial charge is 0.318 e. The number of imide groups is 1. The van der Waals surface area contributed by atoms with Crippen molar-refractivity contribution in [2.24, 2.45) is 5.73 Å². The van der Waals surface area contributed by atoms with E-state index in [0.29, 0.717) is 5.56 Å². The molecule has 3 N–H and O–H groups in total. The largest absolute Gasteiger partial charge is 0.351 e. The Morgan fingerprint density at radius 2 is 1.94 bits per heavy atom. The van der Waals surface area contributed by atoms with Gasteiger partial charge in [-0.25, -0.2) is 9.18 Å².